The number of hydrogen-bond acceptors (Lipinski definition) is 24. The highest BCUT2D eigenvalue weighted by molar-refractivity contribution is 6.01. The number of nitrogens with two attached hydrogens (primary N) is 4. The molecule has 0 spiro atoms. The Balaban J connectivity index is 1.41. The fourth-order valence-electron chi connectivity index (χ4n) is 14.2. The van der Waals surface area contributed by atoms with Crippen LogP contribution in [0.5, 0.6) is 11.5 Å². The van der Waals surface area contributed by atoms with E-state index in [1.54, 1.807) is 41.5 Å². The number of carbonyl (C=O) groups excluding carboxylic acids is 16. The number of carbonyl (C=O) groups is 17. The summed E-state index contributed by atoms with van der Waals surface area (Å²) in [5.74, 6) is -18.1. The molecule has 3 saturated heterocycles. The van der Waals surface area contributed by atoms with Crippen LogP contribution in [0.3, 0.4) is 0 Å². The normalized spacial score (nSPS) is 17.5. The monoisotopic (exact) mass is 1730 g/mol. The third-order valence-corrected chi connectivity index (χ3v) is 20.8. The average Bonchev–Trinajstić information content (AvgIpc) is 1.76. The van der Waals surface area contributed by atoms with E-state index < -0.39 is 210 Å². The summed E-state index contributed by atoms with van der Waals surface area (Å²) in [5.41, 5.74) is 23.5. The van der Waals surface area contributed by atoms with Gasteiger partial charge in [-0.25, -0.2) is 19.4 Å². The van der Waals surface area contributed by atoms with Crippen LogP contribution in [-0.2, 0) is 104 Å². The molecule has 0 saturated carbocycles. The maximum atomic E-state index is 15.2. The number of phenols is 2. The fraction of sp³-hybridized carbons (Fsp3) is 0.613. The van der Waals surface area contributed by atoms with Gasteiger partial charge in [0, 0.05) is 58.8 Å². The van der Waals surface area contributed by atoms with E-state index in [1.807, 2.05) is 0 Å². The van der Waals surface area contributed by atoms with Crippen molar-refractivity contribution in [2.45, 2.75) is 262 Å². The van der Waals surface area contributed by atoms with Gasteiger partial charge in [0.05, 0.1) is 6.42 Å². The molecule has 14 amide bonds. The summed E-state index contributed by atoms with van der Waals surface area (Å²) in [4.78, 5) is 248. The van der Waals surface area contributed by atoms with E-state index in [4.69, 9.17) is 33.8 Å². The number of benzene rings is 2. The Morgan fingerprint density at radius 3 is 1.38 bits per heavy atom. The lowest BCUT2D eigenvalue weighted by Gasteiger charge is -2.32. The molecule has 0 bridgehead atoms. The third kappa shape index (κ3) is 34.5. The van der Waals surface area contributed by atoms with Gasteiger partial charge in [0.2, 0.25) is 82.7 Å². The first-order valence-electron chi connectivity index (χ1n) is 41.4. The second-order valence-electron chi connectivity index (χ2n) is 31.8. The molecular weight excluding hydrogens is 1610 g/mol. The summed E-state index contributed by atoms with van der Waals surface area (Å²) in [7, 11) is 0. The predicted octanol–water partition coefficient (Wildman–Crippen LogP) is -3.45. The SMILES string of the molecule is CCC(C)C(NC(=O)C(Cc1ccc(O)cc1)NC(=O)C1CCCN1C(=O)C(CCCNC(=N)N)NC(=O)C(CCCNC(=N)N)NC(=O)C1CCCN1C(=O)C(CCCCN)NC(=O)C(CC(N)=O)NC(=O)C(CCC(=O)O)NC(=O)C(Cc1ccc(O)cc1)NC(=O)C(CC(C)C)NC(=O)C1CCC(=O)N1)C(=O)NC(CC(C)C)C(=O)OOC(C)=O. The molecule has 3 heterocycles. The van der Waals surface area contributed by atoms with Crippen LogP contribution in [0.4, 0.5) is 0 Å². The largest absolute Gasteiger partial charge is 0.508 e. The Hall–Kier alpha value is -12.5. The third-order valence-electron chi connectivity index (χ3n) is 20.8. The standard InChI is InChI=1S/C80H123N21O22/c1-8-44(6)65(75(118)98-59(38-43(4)5)78(121)123-122-45(7)102)99-72(115)57(40-47-22-26-49(104)27-23-47)97-74(117)61-19-14-36-101(61)77(120)54(17-12-34-88-80(85)86)92-66(109)50(16-11-33-87-79(83)84)91-73(116)60-18-13-35-100(60)76(119)53(15-9-10-32-81)93-71(114)58(41-62(82)105)96-68(111)52(29-31-64(107)108)90-70(113)56(39-46-20-24-48(103)25-21-46)95-69(112)55(37-42(2)3)94-67(110)51-28-30-63(106)89-51/h20-27,42-44,50-61,65,103-104H,8-19,28-41,81H2,1-7H3,(H2,82,105)(H,89,106)(H,90,113)(H,91,116)(H,92,109)(H,93,114)(H,94,110)(H,95,112)(H,96,111)(H,97,117)(H,98,118)(H,99,115)(H,107,108)(H4,83,84,87)(H4,85,86,88). The molecule has 123 heavy (non-hydrogen) atoms. The number of carboxylic acid groups (broad SMARTS) is 1. The topological polar surface area (TPSA) is 684 Å². The summed E-state index contributed by atoms with van der Waals surface area (Å²) in [6, 6.07) is -7.74. The quantitative estimate of drug-likeness (QED) is 0.0101. The van der Waals surface area contributed by atoms with Crippen LogP contribution in [0.25, 0.3) is 0 Å². The molecule has 14 unspecified atom stereocenters. The van der Waals surface area contributed by atoms with Crippen LogP contribution < -0.4 is 92.1 Å². The molecule has 2 aromatic rings. The second kappa shape index (κ2) is 50.7. The highest BCUT2D eigenvalue weighted by atomic mass is 17.2. The summed E-state index contributed by atoms with van der Waals surface area (Å²) in [5, 5.41) is 79.6. The maximum Gasteiger partial charge on any atom is 0.377 e. The van der Waals surface area contributed by atoms with Crippen molar-refractivity contribution in [2.75, 3.05) is 32.7 Å². The van der Waals surface area contributed by atoms with Crippen molar-refractivity contribution in [3.63, 3.8) is 0 Å². The van der Waals surface area contributed by atoms with E-state index >= 15 is 14.4 Å². The van der Waals surface area contributed by atoms with Crippen LogP contribution in [0.2, 0.25) is 0 Å². The van der Waals surface area contributed by atoms with Crippen molar-refractivity contribution >= 4 is 113 Å². The number of rotatable bonds is 50. The van der Waals surface area contributed by atoms with Crippen molar-refractivity contribution in [3.8, 4) is 11.5 Å². The Morgan fingerprint density at radius 2 is 0.919 bits per heavy atom. The number of phenolic OH excluding ortho intramolecular Hbond substituents is 2. The van der Waals surface area contributed by atoms with Gasteiger partial charge in [0.25, 0.3) is 0 Å². The van der Waals surface area contributed by atoms with Crippen LogP contribution in [-0.4, -0.2) is 249 Å². The van der Waals surface area contributed by atoms with E-state index in [9.17, 15) is 82.4 Å². The number of amides is 14. The lowest BCUT2D eigenvalue weighted by molar-refractivity contribution is -0.259. The minimum atomic E-state index is -1.94. The zero-order valence-corrected chi connectivity index (χ0v) is 70.5. The molecule has 3 fully saturated rings. The number of aromatic hydroxyl groups is 2. The molecule has 26 N–H and O–H groups in total. The maximum absolute atomic E-state index is 15.2. The van der Waals surface area contributed by atoms with E-state index in [0.717, 1.165) is 11.8 Å². The molecule has 43 heteroatoms. The second-order valence-corrected chi connectivity index (χ2v) is 31.8. The molecular formula is C80H123N21O22. The van der Waals surface area contributed by atoms with E-state index in [0.29, 0.717) is 24.0 Å². The van der Waals surface area contributed by atoms with Gasteiger partial charge in [0.1, 0.15) is 90.0 Å². The highest BCUT2D eigenvalue weighted by Gasteiger charge is 2.44. The number of guanidine groups is 2. The predicted molar refractivity (Wildman–Crippen MR) is 442 cm³/mol. The molecule has 0 aliphatic carbocycles. The lowest BCUT2D eigenvalue weighted by atomic mass is 9.96. The molecule has 2 aromatic carbocycles. The number of aliphatic carboxylic acids is 1. The van der Waals surface area contributed by atoms with Crippen LogP contribution >= 0.6 is 0 Å². The molecule has 0 aromatic heterocycles. The van der Waals surface area contributed by atoms with Gasteiger partial charge >= 0.3 is 17.9 Å². The van der Waals surface area contributed by atoms with Crippen LogP contribution in [0, 0.1) is 28.6 Å². The molecule has 0 radical (unpaired) electrons. The van der Waals surface area contributed by atoms with E-state index in [-0.39, 0.29) is 165 Å². The molecule has 5 rings (SSSR count). The minimum Gasteiger partial charge on any atom is -0.508 e. The fourth-order valence-corrected chi connectivity index (χ4v) is 14.2. The zero-order chi connectivity index (χ0) is 91.3. The van der Waals surface area contributed by atoms with Crippen molar-refractivity contribution in [1.29, 1.82) is 10.8 Å². The van der Waals surface area contributed by atoms with Crippen molar-refractivity contribution in [3.05, 3.63) is 59.7 Å². The molecule has 680 valence electrons. The summed E-state index contributed by atoms with van der Waals surface area (Å²) >= 11 is 0. The van der Waals surface area contributed by atoms with Crippen molar-refractivity contribution < 1.29 is 107 Å². The first-order chi connectivity index (χ1) is 58.2. The number of unbranched alkanes of at least 4 members (excludes halogenated alkanes) is 1. The number of hydrogen-bond donors (Lipinski definition) is 22. The molecule has 14 atom stereocenters. The Bertz CT molecular complexity index is 4040. The van der Waals surface area contributed by atoms with Gasteiger partial charge in [-0.1, -0.05) is 72.2 Å². The number of nitrogens with one attached hydrogen (secondary N) is 15. The summed E-state index contributed by atoms with van der Waals surface area (Å²) < 4.78 is 0. The van der Waals surface area contributed by atoms with Crippen molar-refractivity contribution in [2.24, 2.45) is 40.7 Å². The van der Waals surface area contributed by atoms with Crippen LogP contribution in [0.1, 0.15) is 182 Å². The van der Waals surface area contributed by atoms with E-state index in [1.165, 1.54) is 53.4 Å². The number of likely N-dealkylation sites (tertiary alicyclic amines) is 2. The van der Waals surface area contributed by atoms with Crippen LogP contribution in [0.15, 0.2) is 48.5 Å². The Kier molecular flexibility index (Phi) is 41.7. The Morgan fingerprint density at radius 1 is 0.504 bits per heavy atom. The zero-order valence-electron chi connectivity index (χ0n) is 70.5. The molecule has 43 nitrogen and oxygen atoms in total. The number of primary amides is 1. The van der Waals surface area contributed by atoms with Gasteiger partial charge in [-0.05, 0) is 156 Å². The molecule has 3 aliphatic rings. The minimum absolute atomic E-state index is 0.00718. The first-order valence-corrected chi connectivity index (χ1v) is 41.4. The highest BCUT2D eigenvalue weighted by Crippen LogP contribution is 2.25. The smallest absolute Gasteiger partial charge is 0.377 e. The number of carboxylic acids is 1. The van der Waals surface area contributed by atoms with Gasteiger partial charge in [-0.15, -0.1) is 0 Å². The van der Waals surface area contributed by atoms with Gasteiger partial charge in [0.15, 0.2) is 11.9 Å². The van der Waals surface area contributed by atoms with E-state index in [2.05, 4.69) is 78.9 Å². The molecule has 3 aliphatic heterocycles. The summed E-state index contributed by atoms with van der Waals surface area (Å²) in [6.07, 6.45) is -1.73. The Labute approximate surface area is 712 Å². The van der Waals surface area contributed by atoms with Gasteiger partial charge < -0.3 is 117 Å². The lowest BCUT2D eigenvalue weighted by Crippen LogP contribution is -2.61. The number of nitrogens with zero attached hydrogens (tertiary/aromatic N) is 2. The van der Waals surface area contributed by atoms with Gasteiger partial charge in [-0.3, -0.25) is 82.7 Å². The summed E-state index contributed by atoms with van der Waals surface area (Å²) in [6.45, 7) is 11.4. The first kappa shape index (κ1) is 101. The van der Waals surface area contributed by atoms with Crippen molar-refractivity contribution in [1.82, 2.24) is 78.9 Å². The average molecular weight is 1730 g/mol. The van der Waals surface area contributed by atoms with Gasteiger partial charge in [-0.2, -0.15) is 0 Å².